The number of hydrogen-bond acceptors (Lipinski definition) is 8. The number of aromatic nitrogens is 1. The van der Waals surface area contributed by atoms with Gasteiger partial charge < -0.3 is 15.2 Å². The van der Waals surface area contributed by atoms with Crippen LogP contribution in [0.1, 0.15) is 65.7 Å². The van der Waals surface area contributed by atoms with Crippen LogP contribution in [0.3, 0.4) is 0 Å². The standard InChI is InChI=1S/C31H38N2O5S2/c1-4-32-27(37)38-31(25(36)17-39-28-33-22-7-5-6-8-24(22)40-28)14-12-21-20-10-9-18-15-19(34)11-13-29(18,2)26(20)23(35)16-30(21,31)3/h5-8,15,20-21,23,26,35H,4,9-14,16-17H2,1-3H3,(H,32,37)/t20?,21?,23?,26?,29?,30?,31-/m0/s1. The maximum Gasteiger partial charge on any atom is 0.408 e. The first-order valence-electron chi connectivity index (χ1n) is 14.5. The predicted molar refractivity (Wildman–Crippen MR) is 156 cm³/mol. The van der Waals surface area contributed by atoms with Gasteiger partial charge in [-0.25, -0.2) is 9.78 Å². The molecule has 7 atom stereocenters. The topological polar surface area (TPSA) is 106 Å². The zero-order chi connectivity index (χ0) is 28.3. The van der Waals surface area contributed by atoms with Crippen LogP contribution < -0.4 is 5.32 Å². The third-order valence-electron chi connectivity index (χ3n) is 10.7. The van der Waals surface area contributed by atoms with Gasteiger partial charge >= 0.3 is 6.09 Å². The molecule has 6 unspecified atom stereocenters. The van der Waals surface area contributed by atoms with Gasteiger partial charge in [-0.05, 0) is 86.8 Å². The molecule has 1 heterocycles. The van der Waals surface area contributed by atoms with Gasteiger partial charge in [-0.1, -0.05) is 43.3 Å². The summed E-state index contributed by atoms with van der Waals surface area (Å²) < 4.78 is 8.09. The minimum atomic E-state index is -1.31. The number of rotatable bonds is 6. The Morgan fingerprint density at radius 1 is 1.20 bits per heavy atom. The Hall–Kier alpha value is -2.23. The number of ether oxygens (including phenoxy) is 1. The predicted octanol–water partition coefficient (Wildman–Crippen LogP) is 5.95. The number of benzene rings is 1. The van der Waals surface area contributed by atoms with Crippen molar-refractivity contribution < 1.29 is 24.2 Å². The van der Waals surface area contributed by atoms with Crippen molar-refractivity contribution in [2.45, 2.75) is 81.8 Å². The number of Topliss-reactive ketones (excluding diaryl/α,β-unsaturated/α-hetero) is 1. The van der Waals surface area contributed by atoms with Crippen LogP contribution in [0.4, 0.5) is 4.79 Å². The molecule has 1 aromatic carbocycles. The number of hydrogen-bond donors (Lipinski definition) is 2. The molecular formula is C31H38N2O5S2. The zero-order valence-electron chi connectivity index (χ0n) is 23.4. The summed E-state index contributed by atoms with van der Waals surface area (Å²) in [4.78, 5) is 44.1. The van der Waals surface area contributed by atoms with Crippen molar-refractivity contribution in [1.29, 1.82) is 0 Å². The minimum absolute atomic E-state index is 0.0335. The summed E-state index contributed by atoms with van der Waals surface area (Å²) in [6.45, 7) is 6.53. The number of nitrogens with one attached hydrogen (secondary N) is 1. The fourth-order valence-corrected chi connectivity index (χ4v) is 10.9. The molecule has 214 valence electrons. The second-order valence-corrected chi connectivity index (χ2v) is 14.8. The Labute approximate surface area is 243 Å². The van der Waals surface area contributed by atoms with Crippen LogP contribution in [0, 0.1) is 28.6 Å². The van der Waals surface area contributed by atoms with Gasteiger partial charge in [0.05, 0.1) is 22.1 Å². The van der Waals surface area contributed by atoms with Crippen molar-refractivity contribution in [3.63, 3.8) is 0 Å². The highest BCUT2D eigenvalue weighted by Crippen LogP contribution is 2.68. The number of ketones is 2. The third kappa shape index (κ3) is 4.26. The molecule has 4 aliphatic carbocycles. The van der Waals surface area contributed by atoms with Gasteiger partial charge in [0.25, 0.3) is 0 Å². The molecule has 1 aromatic heterocycles. The van der Waals surface area contributed by atoms with Crippen LogP contribution in [-0.2, 0) is 14.3 Å². The summed E-state index contributed by atoms with van der Waals surface area (Å²) in [5, 5.41) is 14.6. The monoisotopic (exact) mass is 582 g/mol. The molecule has 0 radical (unpaired) electrons. The van der Waals surface area contributed by atoms with E-state index in [-0.39, 0.29) is 40.5 Å². The Balaban J connectivity index is 1.31. The Kier molecular flexibility index (Phi) is 7.15. The lowest BCUT2D eigenvalue weighted by Gasteiger charge is -2.60. The molecule has 1 amide bonds. The number of carbonyl (C=O) groups is 3. The molecule has 0 aliphatic heterocycles. The summed E-state index contributed by atoms with van der Waals surface area (Å²) in [5.74, 6) is 0.609. The summed E-state index contributed by atoms with van der Waals surface area (Å²) in [6.07, 6.45) is 5.23. The SMILES string of the molecule is CCNC(=O)O[C@]1(C(=O)CSc2nc3ccccc3s2)CCC2C3CCC4=CC(=O)CCC4(C)C3C(O)CC21C. The van der Waals surface area contributed by atoms with Gasteiger partial charge in [-0.2, -0.15) is 0 Å². The summed E-state index contributed by atoms with van der Waals surface area (Å²) >= 11 is 2.96. The molecule has 4 aliphatic rings. The molecule has 40 heavy (non-hydrogen) atoms. The maximum atomic E-state index is 14.3. The zero-order valence-corrected chi connectivity index (χ0v) is 25.0. The average Bonchev–Trinajstić information content (AvgIpc) is 3.46. The Morgan fingerprint density at radius 3 is 2.77 bits per heavy atom. The second kappa shape index (κ2) is 10.2. The lowest BCUT2D eigenvalue weighted by Crippen LogP contribution is -2.63. The molecule has 0 saturated heterocycles. The molecule has 7 nitrogen and oxygen atoms in total. The smallest absolute Gasteiger partial charge is 0.408 e. The molecule has 2 aromatic rings. The van der Waals surface area contributed by atoms with Crippen LogP contribution in [0.2, 0.25) is 0 Å². The Morgan fingerprint density at radius 2 is 2.00 bits per heavy atom. The number of alkyl carbamates (subject to hydrolysis) is 1. The van der Waals surface area contributed by atoms with Gasteiger partial charge in [-0.15, -0.1) is 11.3 Å². The lowest BCUT2D eigenvalue weighted by molar-refractivity contribution is -0.179. The van der Waals surface area contributed by atoms with E-state index in [1.54, 1.807) is 11.3 Å². The van der Waals surface area contributed by atoms with E-state index in [0.717, 1.165) is 40.2 Å². The van der Waals surface area contributed by atoms with E-state index in [4.69, 9.17) is 4.74 Å². The Bertz CT molecular complexity index is 1360. The molecule has 9 heteroatoms. The summed E-state index contributed by atoms with van der Waals surface area (Å²) in [5.41, 5.74) is -0.124. The van der Waals surface area contributed by atoms with Crippen molar-refractivity contribution in [2.75, 3.05) is 12.3 Å². The first-order valence-corrected chi connectivity index (χ1v) is 16.3. The number of fused-ring (bicyclic) bond motifs is 6. The van der Waals surface area contributed by atoms with Gasteiger partial charge in [0, 0.05) is 18.4 Å². The number of thiazole rings is 1. The number of para-hydroxylation sites is 1. The van der Waals surface area contributed by atoms with Crippen molar-refractivity contribution in [3.8, 4) is 0 Å². The first kappa shape index (κ1) is 27.9. The normalized spacial score (nSPS) is 36.8. The highest BCUT2D eigenvalue weighted by Gasteiger charge is 2.70. The largest absolute Gasteiger partial charge is 0.434 e. The van der Waals surface area contributed by atoms with Crippen LogP contribution in [0.5, 0.6) is 0 Å². The van der Waals surface area contributed by atoms with Gasteiger partial charge in [-0.3, -0.25) is 9.59 Å². The van der Waals surface area contributed by atoms with E-state index in [1.807, 2.05) is 37.3 Å². The van der Waals surface area contributed by atoms with Gasteiger partial charge in [0.1, 0.15) is 0 Å². The maximum absolute atomic E-state index is 14.3. The molecule has 6 rings (SSSR count). The van der Waals surface area contributed by atoms with Crippen LogP contribution in [-0.4, -0.2) is 51.8 Å². The molecule has 3 saturated carbocycles. The number of aliphatic hydroxyl groups is 1. The highest BCUT2D eigenvalue weighted by molar-refractivity contribution is 8.01. The van der Waals surface area contributed by atoms with Crippen molar-refractivity contribution >= 4 is 51.0 Å². The van der Waals surface area contributed by atoms with E-state index in [9.17, 15) is 19.5 Å². The van der Waals surface area contributed by atoms with E-state index < -0.39 is 23.2 Å². The number of amides is 1. The first-order chi connectivity index (χ1) is 19.1. The van der Waals surface area contributed by atoms with Crippen LogP contribution in [0.15, 0.2) is 40.3 Å². The number of allylic oxidation sites excluding steroid dienone is 1. The number of carbonyl (C=O) groups excluding carboxylic acids is 3. The van der Waals surface area contributed by atoms with E-state index in [2.05, 4.69) is 24.1 Å². The fraction of sp³-hybridized carbons (Fsp3) is 0.613. The second-order valence-electron chi connectivity index (χ2n) is 12.5. The fourth-order valence-electron chi connectivity index (χ4n) is 8.85. The van der Waals surface area contributed by atoms with Crippen molar-refractivity contribution in [2.24, 2.45) is 28.6 Å². The average molecular weight is 583 g/mol. The third-order valence-corrected chi connectivity index (χ3v) is 12.8. The van der Waals surface area contributed by atoms with Crippen molar-refractivity contribution in [3.05, 3.63) is 35.9 Å². The van der Waals surface area contributed by atoms with Crippen LogP contribution in [0.25, 0.3) is 10.2 Å². The minimum Gasteiger partial charge on any atom is -0.434 e. The van der Waals surface area contributed by atoms with E-state index >= 15 is 0 Å². The lowest BCUT2D eigenvalue weighted by atomic mass is 9.45. The van der Waals surface area contributed by atoms with E-state index in [0.29, 0.717) is 25.8 Å². The number of thioether (sulfide) groups is 1. The van der Waals surface area contributed by atoms with Crippen molar-refractivity contribution in [1.82, 2.24) is 10.3 Å². The summed E-state index contributed by atoms with van der Waals surface area (Å²) in [7, 11) is 0. The highest BCUT2D eigenvalue weighted by atomic mass is 32.2. The molecule has 3 fully saturated rings. The quantitative estimate of drug-likeness (QED) is 0.406. The van der Waals surface area contributed by atoms with E-state index in [1.165, 1.54) is 17.3 Å². The molecule has 0 spiro atoms. The number of nitrogens with zero attached hydrogens (tertiary/aromatic N) is 1. The van der Waals surface area contributed by atoms with Gasteiger partial charge in [0.15, 0.2) is 21.5 Å². The molecule has 2 N–H and O–H groups in total. The molecule has 0 bridgehead atoms. The molecular weight excluding hydrogens is 544 g/mol. The van der Waals surface area contributed by atoms with Crippen LogP contribution >= 0.6 is 23.1 Å². The number of aliphatic hydroxyl groups excluding tert-OH is 1. The van der Waals surface area contributed by atoms with Gasteiger partial charge in [0.2, 0.25) is 0 Å². The summed E-state index contributed by atoms with van der Waals surface area (Å²) in [6, 6.07) is 7.92.